The van der Waals surface area contributed by atoms with Crippen molar-refractivity contribution in [3.8, 4) is 0 Å². The van der Waals surface area contributed by atoms with Crippen LogP contribution in [0.25, 0.3) is 0 Å². The fourth-order valence-electron chi connectivity index (χ4n) is 0.530. The second-order valence-corrected chi connectivity index (χ2v) is 3.16. The minimum absolute atomic E-state index is 0.488. The summed E-state index contributed by atoms with van der Waals surface area (Å²) in [5.74, 6) is 0. The molecule has 0 aromatic heterocycles. The van der Waals surface area contributed by atoms with Crippen LogP contribution in [0, 0.1) is 12.3 Å². The lowest BCUT2D eigenvalue weighted by Crippen LogP contribution is -2.02. The lowest BCUT2D eigenvalue weighted by atomic mass is 9.91. The Morgan fingerprint density at radius 3 is 1.71 bits per heavy atom. The molecule has 0 N–H and O–H groups in total. The van der Waals surface area contributed by atoms with Gasteiger partial charge in [0.25, 0.3) is 0 Å². The van der Waals surface area contributed by atoms with E-state index in [1.165, 1.54) is 6.42 Å². The van der Waals surface area contributed by atoms with Gasteiger partial charge in [0.15, 0.2) is 0 Å². The first kappa shape index (κ1) is 7.00. The second kappa shape index (κ2) is 2.34. The summed E-state index contributed by atoms with van der Waals surface area (Å²) < 4.78 is 0. The molecule has 0 saturated heterocycles. The average Bonchev–Trinajstić information content (AvgIpc) is 1.30. The first-order valence-corrected chi connectivity index (χ1v) is 2.85. The first-order chi connectivity index (χ1) is 3.06. The van der Waals surface area contributed by atoms with E-state index in [9.17, 15) is 0 Å². The molecule has 1 radical (unpaired) electrons. The van der Waals surface area contributed by atoms with Gasteiger partial charge in [0.1, 0.15) is 0 Å². The Balaban J connectivity index is 3.15. The van der Waals surface area contributed by atoms with Crippen LogP contribution in [0.4, 0.5) is 0 Å². The summed E-state index contributed by atoms with van der Waals surface area (Å²) >= 11 is 0. The molecule has 0 unspecified atom stereocenters. The Morgan fingerprint density at radius 1 is 1.29 bits per heavy atom. The lowest BCUT2D eigenvalue weighted by Gasteiger charge is -2.15. The monoisotopic (exact) mass is 99.1 g/mol. The summed E-state index contributed by atoms with van der Waals surface area (Å²) in [6.07, 6.45) is 2.29. The van der Waals surface area contributed by atoms with E-state index in [0.717, 1.165) is 6.42 Å². The topological polar surface area (TPSA) is 0 Å². The molecule has 7 heavy (non-hydrogen) atoms. The largest absolute Gasteiger partial charge is 0.0602 e. The van der Waals surface area contributed by atoms with Crippen LogP contribution in [0.3, 0.4) is 0 Å². The maximum Gasteiger partial charge on any atom is -0.0383 e. The summed E-state index contributed by atoms with van der Waals surface area (Å²) in [5.41, 5.74) is 0.488. The van der Waals surface area contributed by atoms with Crippen LogP contribution < -0.4 is 0 Å². The van der Waals surface area contributed by atoms with Gasteiger partial charge in [-0.1, -0.05) is 34.1 Å². The Labute approximate surface area is 46.9 Å². The van der Waals surface area contributed by atoms with Gasteiger partial charge in [-0.25, -0.2) is 0 Å². The minimum Gasteiger partial charge on any atom is -0.0602 e. The van der Waals surface area contributed by atoms with Gasteiger partial charge in [-0.3, -0.25) is 0 Å². The Kier molecular flexibility index (Phi) is 2.34. The lowest BCUT2D eigenvalue weighted by molar-refractivity contribution is 0.381. The summed E-state index contributed by atoms with van der Waals surface area (Å²) in [4.78, 5) is 0. The third kappa shape index (κ3) is 6.00. The van der Waals surface area contributed by atoms with Crippen LogP contribution in [0.5, 0.6) is 0 Å². The number of rotatable bonds is 1. The van der Waals surface area contributed by atoms with Crippen molar-refractivity contribution < 1.29 is 0 Å². The highest BCUT2D eigenvalue weighted by Gasteiger charge is 2.06. The molecule has 43 valence electrons. The van der Waals surface area contributed by atoms with Crippen molar-refractivity contribution in [3.63, 3.8) is 0 Å². The zero-order valence-corrected chi connectivity index (χ0v) is 5.62. The van der Waals surface area contributed by atoms with E-state index in [-0.39, 0.29) is 0 Å². The molecule has 0 heterocycles. The molecular formula is C7H15. The van der Waals surface area contributed by atoms with Crippen LogP contribution in [-0.4, -0.2) is 0 Å². The van der Waals surface area contributed by atoms with Crippen LogP contribution in [-0.2, 0) is 0 Å². The zero-order valence-electron chi connectivity index (χ0n) is 5.62. The molecule has 0 bridgehead atoms. The third-order valence-electron chi connectivity index (χ3n) is 0.927. The molecule has 0 spiro atoms. The summed E-state index contributed by atoms with van der Waals surface area (Å²) in [5, 5.41) is 0. The Bertz CT molecular complexity index is 38.5. The summed E-state index contributed by atoms with van der Waals surface area (Å²) in [7, 11) is 0. The molecular weight excluding hydrogens is 84.1 g/mol. The molecule has 0 aliphatic rings. The molecule has 0 fully saturated rings. The molecule has 0 rings (SSSR count). The van der Waals surface area contributed by atoms with E-state index in [0.29, 0.717) is 5.41 Å². The SMILES string of the molecule is [CH2]CCC(C)(C)C. The smallest absolute Gasteiger partial charge is 0.0383 e. The van der Waals surface area contributed by atoms with Crippen molar-refractivity contribution >= 4 is 0 Å². The normalized spacial score (nSPS) is 12.0. The van der Waals surface area contributed by atoms with E-state index >= 15 is 0 Å². The van der Waals surface area contributed by atoms with Crippen molar-refractivity contribution in [1.29, 1.82) is 0 Å². The highest BCUT2D eigenvalue weighted by Crippen LogP contribution is 2.19. The van der Waals surface area contributed by atoms with Gasteiger partial charge in [-0.15, -0.1) is 0 Å². The van der Waals surface area contributed by atoms with E-state index in [1.54, 1.807) is 0 Å². The van der Waals surface area contributed by atoms with E-state index in [2.05, 4.69) is 27.7 Å². The van der Waals surface area contributed by atoms with Gasteiger partial charge in [0, 0.05) is 0 Å². The summed E-state index contributed by atoms with van der Waals surface area (Å²) in [6, 6.07) is 0. The predicted octanol–water partition coefficient (Wildman–Crippen LogP) is 2.65. The number of hydrogen-bond acceptors (Lipinski definition) is 0. The maximum absolute atomic E-state index is 3.77. The molecule has 0 heteroatoms. The van der Waals surface area contributed by atoms with Crippen LogP contribution in [0.2, 0.25) is 0 Å². The molecule has 0 aromatic carbocycles. The van der Waals surface area contributed by atoms with Gasteiger partial charge in [-0.2, -0.15) is 0 Å². The fraction of sp³-hybridized carbons (Fsp3) is 0.857. The van der Waals surface area contributed by atoms with Gasteiger partial charge < -0.3 is 0 Å². The summed E-state index contributed by atoms with van der Waals surface area (Å²) in [6.45, 7) is 10.5. The highest BCUT2D eigenvalue weighted by molar-refractivity contribution is 4.60. The number of hydrogen-bond donors (Lipinski definition) is 0. The molecule has 0 saturated carbocycles. The Hall–Kier alpha value is 0. The van der Waals surface area contributed by atoms with Crippen molar-refractivity contribution in [2.24, 2.45) is 5.41 Å². The van der Waals surface area contributed by atoms with Crippen LogP contribution >= 0.6 is 0 Å². The van der Waals surface area contributed by atoms with Crippen molar-refractivity contribution in [1.82, 2.24) is 0 Å². The molecule has 0 amide bonds. The van der Waals surface area contributed by atoms with Gasteiger partial charge in [0.05, 0.1) is 0 Å². The molecule has 0 atom stereocenters. The van der Waals surface area contributed by atoms with E-state index < -0.39 is 0 Å². The first-order valence-electron chi connectivity index (χ1n) is 2.85. The van der Waals surface area contributed by atoms with Gasteiger partial charge >= 0.3 is 0 Å². The zero-order chi connectivity index (χ0) is 5.91. The molecule has 0 aliphatic heterocycles. The van der Waals surface area contributed by atoms with Crippen molar-refractivity contribution in [3.05, 3.63) is 6.92 Å². The van der Waals surface area contributed by atoms with Crippen molar-refractivity contribution in [2.75, 3.05) is 0 Å². The van der Waals surface area contributed by atoms with Crippen molar-refractivity contribution in [2.45, 2.75) is 33.6 Å². The van der Waals surface area contributed by atoms with E-state index in [1.807, 2.05) is 0 Å². The average molecular weight is 99.2 g/mol. The highest BCUT2D eigenvalue weighted by atomic mass is 14.1. The maximum atomic E-state index is 3.77. The minimum atomic E-state index is 0.488. The van der Waals surface area contributed by atoms with Crippen LogP contribution in [0.1, 0.15) is 33.6 Å². The van der Waals surface area contributed by atoms with Crippen LogP contribution in [0.15, 0.2) is 0 Å². The van der Waals surface area contributed by atoms with E-state index in [4.69, 9.17) is 0 Å². The quantitative estimate of drug-likeness (QED) is 0.474. The Morgan fingerprint density at radius 2 is 1.71 bits per heavy atom. The standard InChI is InChI=1S/C7H15/c1-5-6-7(2,3)4/h1,5-6H2,2-4H3. The molecule has 0 aromatic rings. The molecule has 0 nitrogen and oxygen atoms in total. The fourth-order valence-corrected chi connectivity index (χ4v) is 0.530. The molecule has 0 aliphatic carbocycles. The third-order valence-corrected chi connectivity index (χ3v) is 0.927. The predicted molar refractivity (Wildman–Crippen MR) is 34.0 cm³/mol. The second-order valence-electron chi connectivity index (χ2n) is 3.16. The van der Waals surface area contributed by atoms with Gasteiger partial charge in [0.2, 0.25) is 0 Å². The van der Waals surface area contributed by atoms with Gasteiger partial charge in [-0.05, 0) is 11.8 Å².